The van der Waals surface area contributed by atoms with Crippen molar-refractivity contribution in [1.29, 1.82) is 0 Å². The van der Waals surface area contributed by atoms with Gasteiger partial charge in [0.25, 0.3) is 0 Å². The number of hydrogen-bond donors (Lipinski definition) is 1. The van der Waals surface area contributed by atoms with Crippen LogP contribution in [-0.2, 0) is 0 Å². The van der Waals surface area contributed by atoms with Crippen molar-refractivity contribution in [3.05, 3.63) is 77.0 Å². The average molecular weight is 344 g/mol. The molecule has 20 heavy (non-hydrogen) atoms. The van der Waals surface area contributed by atoms with Crippen LogP contribution in [-0.4, -0.2) is 10.7 Å². The van der Waals surface area contributed by atoms with Gasteiger partial charge >= 0.3 is 0 Å². The third-order valence-electron chi connectivity index (χ3n) is 3.06. The molecule has 1 aromatic carbocycles. The number of aromatic nitrogens is 1. The number of thioether (sulfide) groups is 1. The van der Waals surface area contributed by atoms with Crippen molar-refractivity contribution in [2.75, 3.05) is 5.75 Å². The fourth-order valence-corrected chi connectivity index (χ4v) is 3.34. The maximum atomic E-state index is 4.07. The van der Waals surface area contributed by atoms with Gasteiger partial charge in [-0.15, -0.1) is 11.8 Å². The van der Waals surface area contributed by atoms with Crippen molar-refractivity contribution in [3.63, 3.8) is 0 Å². The van der Waals surface area contributed by atoms with Crippen LogP contribution in [0.5, 0.6) is 0 Å². The summed E-state index contributed by atoms with van der Waals surface area (Å²) in [6, 6.07) is 8.48. The summed E-state index contributed by atoms with van der Waals surface area (Å²) in [6.45, 7) is 4.07. The molecule has 0 saturated heterocycles. The molecule has 2 heterocycles. The van der Waals surface area contributed by atoms with Crippen LogP contribution in [0.15, 0.2) is 71.3 Å². The molecular weight excluding hydrogens is 330 g/mol. The lowest BCUT2D eigenvalue weighted by Crippen LogP contribution is -1.82. The largest absolute Gasteiger partial charge is 0.354 e. The zero-order chi connectivity index (χ0) is 13.9. The van der Waals surface area contributed by atoms with Gasteiger partial charge in [0.15, 0.2) is 0 Å². The van der Waals surface area contributed by atoms with Crippen LogP contribution in [0.25, 0.3) is 15.8 Å². The van der Waals surface area contributed by atoms with Gasteiger partial charge < -0.3 is 4.98 Å². The van der Waals surface area contributed by atoms with Gasteiger partial charge in [0, 0.05) is 26.0 Å². The molecule has 0 amide bonds. The number of rotatable bonds is 1. The summed E-state index contributed by atoms with van der Waals surface area (Å²) in [5.74, 6) is 0.961. The molecule has 0 bridgehead atoms. The lowest BCUT2D eigenvalue weighted by atomic mass is 10.2. The molecule has 0 atom stereocenters. The Bertz CT molecular complexity index is 749. The quantitative estimate of drug-likeness (QED) is 0.703. The Hall–Kier alpha value is -1.45. The van der Waals surface area contributed by atoms with Gasteiger partial charge in [0.1, 0.15) is 0 Å². The van der Waals surface area contributed by atoms with E-state index < -0.39 is 0 Å². The molecule has 3 rings (SSSR count). The Balaban J connectivity index is 2.03. The smallest absolute Gasteiger partial charge is 0.0529 e. The zero-order valence-corrected chi connectivity index (χ0v) is 13.3. The molecule has 3 heteroatoms. The first-order valence-electron chi connectivity index (χ1n) is 6.37. The first-order valence-corrected chi connectivity index (χ1v) is 8.15. The predicted octanol–water partition coefficient (Wildman–Crippen LogP) is 5.69. The Morgan fingerprint density at radius 2 is 2.10 bits per heavy atom. The summed E-state index contributed by atoms with van der Waals surface area (Å²) in [5.41, 5.74) is 3.30. The van der Waals surface area contributed by atoms with Crippen molar-refractivity contribution in [1.82, 2.24) is 4.98 Å². The lowest BCUT2D eigenvalue weighted by Gasteiger charge is -2.03. The molecule has 1 aromatic heterocycles. The molecule has 100 valence electrons. The number of aromatic amines is 1. The highest BCUT2D eigenvalue weighted by molar-refractivity contribution is 9.10. The van der Waals surface area contributed by atoms with Crippen LogP contribution >= 0.6 is 27.7 Å². The van der Waals surface area contributed by atoms with Gasteiger partial charge in [0.05, 0.1) is 5.69 Å². The third-order valence-corrected chi connectivity index (χ3v) is 4.56. The van der Waals surface area contributed by atoms with Crippen LogP contribution in [0, 0.1) is 0 Å². The Kier molecular flexibility index (Phi) is 3.99. The first-order chi connectivity index (χ1) is 9.72. The SMILES string of the molecule is C=C1C=C(c2cc3ccc(Br)cc3[nH]2)SC/C=C\C=C/1. The molecular formula is C17H14BrNS. The summed E-state index contributed by atoms with van der Waals surface area (Å²) in [6.07, 6.45) is 10.4. The number of benzene rings is 1. The van der Waals surface area contributed by atoms with Gasteiger partial charge in [-0.05, 0) is 29.8 Å². The summed E-state index contributed by atoms with van der Waals surface area (Å²) in [5, 5.41) is 1.22. The van der Waals surface area contributed by atoms with Crippen LogP contribution in [0.1, 0.15) is 5.69 Å². The normalized spacial score (nSPS) is 19.1. The number of hydrogen-bond acceptors (Lipinski definition) is 1. The molecule has 0 fully saturated rings. The minimum Gasteiger partial charge on any atom is -0.354 e. The van der Waals surface area contributed by atoms with E-state index in [0.717, 1.165) is 27.0 Å². The van der Waals surface area contributed by atoms with Crippen molar-refractivity contribution < 1.29 is 0 Å². The van der Waals surface area contributed by atoms with E-state index in [4.69, 9.17) is 0 Å². The molecule has 0 saturated carbocycles. The second-order valence-electron chi connectivity index (χ2n) is 4.60. The molecule has 2 aromatic rings. The highest BCUT2D eigenvalue weighted by Crippen LogP contribution is 2.32. The molecule has 1 N–H and O–H groups in total. The standard InChI is InChI=1S/C17H14BrNS/c1-12-5-3-2-4-8-20-17(9-12)16-10-13-6-7-14(18)11-15(13)19-16/h2-7,9-11,19H,1,8H2/b4-2-,5-3-,17-9?. The second-order valence-corrected chi connectivity index (χ2v) is 6.57. The third kappa shape index (κ3) is 3.00. The number of nitrogens with one attached hydrogen (secondary N) is 1. The number of H-pyrrole nitrogens is 1. The number of allylic oxidation sites excluding steroid dienone is 5. The van der Waals surface area contributed by atoms with Gasteiger partial charge in [0.2, 0.25) is 0 Å². The molecule has 1 aliphatic heterocycles. The Morgan fingerprint density at radius 1 is 1.20 bits per heavy atom. The highest BCUT2D eigenvalue weighted by Gasteiger charge is 2.07. The topological polar surface area (TPSA) is 15.8 Å². The van der Waals surface area contributed by atoms with Gasteiger partial charge in [-0.3, -0.25) is 0 Å². The molecule has 0 aliphatic carbocycles. The zero-order valence-electron chi connectivity index (χ0n) is 10.9. The first kappa shape index (κ1) is 13.5. The average Bonchev–Trinajstić information content (AvgIpc) is 2.86. The molecule has 1 nitrogen and oxygen atoms in total. The number of fused-ring (bicyclic) bond motifs is 1. The number of halogens is 1. The van der Waals surface area contributed by atoms with Crippen molar-refractivity contribution in [3.8, 4) is 0 Å². The van der Waals surface area contributed by atoms with E-state index in [1.807, 2.05) is 23.9 Å². The van der Waals surface area contributed by atoms with Crippen molar-refractivity contribution in [2.24, 2.45) is 0 Å². The summed E-state index contributed by atoms with van der Waals surface area (Å²) < 4.78 is 1.09. The van der Waals surface area contributed by atoms with Crippen molar-refractivity contribution >= 4 is 43.5 Å². The van der Waals surface area contributed by atoms with E-state index in [1.54, 1.807) is 0 Å². The highest BCUT2D eigenvalue weighted by atomic mass is 79.9. The fraction of sp³-hybridized carbons (Fsp3) is 0.0588. The van der Waals surface area contributed by atoms with E-state index in [1.165, 1.54) is 10.3 Å². The molecule has 0 radical (unpaired) electrons. The lowest BCUT2D eigenvalue weighted by molar-refractivity contribution is 1.42. The van der Waals surface area contributed by atoms with E-state index in [0.29, 0.717) is 0 Å². The van der Waals surface area contributed by atoms with Gasteiger partial charge in [-0.25, -0.2) is 0 Å². The summed E-state index contributed by atoms with van der Waals surface area (Å²) in [7, 11) is 0. The minimum atomic E-state index is 0.961. The Labute approximate surface area is 131 Å². The molecule has 0 spiro atoms. The van der Waals surface area contributed by atoms with Gasteiger partial charge in [-0.1, -0.05) is 52.9 Å². The van der Waals surface area contributed by atoms with Crippen molar-refractivity contribution in [2.45, 2.75) is 0 Å². The summed E-state index contributed by atoms with van der Waals surface area (Å²) in [4.78, 5) is 4.71. The van der Waals surface area contributed by atoms with E-state index >= 15 is 0 Å². The van der Waals surface area contributed by atoms with E-state index in [9.17, 15) is 0 Å². The summed E-state index contributed by atoms with van der Waals surface area (Å²) >= 11 is 5.33. The van der Waals surface area contributed by atoms with E-state index in [-0.39, 0.29) is 0 Å². The maximum absolute atomic E-state index is 4.07. The van der Waals surface area contributed by atoms with Crippen LogP contribution in [0.4, 0.5) is 0 Å². The van der Waals surface area contributed by atoms with Crippen LogP contribution in [0.3, 0.4) is 0 Å². The van der Waals surface area contributed by atoms with E-state index in [2.05, 4.69) is 70.0 Å². The monoisotopic (exact) mass is 343 g/mol. The minimum absolute atomic E-state index is 0.961. The fourth-order valence-electron chi connectivity index (χ4n) is 2.10. The Morgan fingerprint density at radius 3 is 3.00 bits per heavy atom. The van der Waals surface area contributed by atoms with Gasteiger partial charge in [-0.2, -0.15) is 0 Å². The predicted molar refractivity (Wildman–Crippen MR) is 93.9 cm³/mol. The van der Waals surface area contributed by atoms with Crippen LogP contribution in [0.2, 0.25) is 0 Å². The maximum Gasteiger partial charge on any atom is 0.0529 e. The molecule has 1 aliphatic rings. The van der Waals surface area contributed by atoms with Crippen LogP contribution < -0.4 is 0 Å². The second kappa shape index (κ2) is 5.90. The molecule has 0 unspecified atom stereocenters.